The Hall–Kier alpha value is -2.78. The summed E-state index contributed by atoms with van der Waals surface area (Å²) < 4.78 is 43.7. The highest BCUT2D eigenvalue weighted by molar-refractivity contribution is 5.94. The zero-order valence-corrected chi connectivity index (χ0v) is 19.2. The molecule has 4 rings (SSSR count). The van der Waals surface area contributed by atoms with Gasteiger partial charge in [-0.15, -0.1) is 0 Å². The lowest BCUT2D eigenvalue weighted by atomic mass is 9.91. The maximum Gasteiger partial charge on any atom is 0.387 e. The Labute approximate surface area is 190 Å². The molecule has 0 saturated carbocycles. The lowest BCUT2D eigenvalue weighted by molar-refractivity contribution is -0.0515. The number of carbonyl (C=O) groups excluding carboxylic acids is 1. The molecule has 178 valence electrons. The van der Waals surface area contributed by atoms with E-state index in [1.54, 1.807) is 19.4 Å². The van der Waals surface area contributed by atoms with Crippen molar-refractivity contribution in [1.29, 1.82) is 0 Å². The van der Waals surface area contributed by atoms with Crippen LogP contribution in [0.1, 0.15) is 61.1 Å². The molecule has 2 aliphatic heterocycles. The summed E-state index contributed by atoms with van der Waals surface area (Å²) in [5, 5.41) is 2.17. The topological polar surface area (TPSA) is 70.0 Å². The minimum atomic E-state index is -3.01. The normalized spacial score (nSPS) is 18.2. The predicted octanol–water partition coefficient (Wildman–Crippen LogP) is 4.05. The van der Waals surface area contributed by atoms with E-state index in [2.05, 4.69) is 18.9 Å². The van der Waals surface area contributed by atoms with Crippen LogP contribution in [0, 0.1) is 0 Å². The highest BCUT2D eigenvalue weighted by atomic mass is 19.3. The number of fused-ring (bicyclic) bond motifs is 6. The zero-order valence-electron chi connectivity index (χ0n) is 19.2. The van der Waals surface area contributed by atoms with Crippen LogP contribution >= 0.6 is 0 Å². The maximum atomic E-state index is 13.2. The van der Waals surface area contributed by atoms with Crippen molar-refractivity contribution in [3.63, 3.8) is 0 Å². The molecule has 1 aromatic heterocycles. The third-order valence-electron chi connectivity index (χ3n) is 6.36. The van der Waals surface area contributed by atoms with E-state index in [9.17, 15) is 18.4 Å². The average Bonchev–Trinajstić information content (AvgIpc) is 3.06. The second kappa shape index (κ2) is 8.87. The third-order valence-corrected chi connectivity index (χ3v) is 6.36. The molecule has 0 aliphatic carbocycles. The molecule has 7 nitrogen and oxygen atoms in total. The Morgan fingerprint density at radius 1 is 1.24 bits per heavy atom. The number of ether oxygens (including phenoxy) is 3. The number of halogens is 2. The van der Waals surface area contributed by atoms with Crippen LogP contribution in [0.25, 0.3) is 11.3 Å². The standard InChI is InChI=1S/C24H28F2N2O5/c1-14(29)18-12-27-20(11-21(18)30)17-10-22(33-23(25)26)15(13-32-8-7-31-4)9-16(17)19-5-6-24(2,3)28(19)27/h9-12,19,23H,5-8,13H2,1-4H3/t19-/m1/s1. The van der Waals surface area contributed by atoms with Gasteiger partial charge in [0, 0.05) is 30.5 Å². The number of Topliss-reactive ketones (excluding diaryl/α,β-unsaturated/α-hetero) is 1. The molecule has 9 heteroatoms. The van der Waals surface area contributed by atoms with Crippen molar-refractivity contribution >= 4 is 5.78 Å². The van der Waals surface area contributed by atoms with E-state index in [0.29, 0.717) is 30.0 Å². The number of benzene rings is 1. The number of pyridine rings is 1. The van der Waals surface area contributed by atoms with Gasteiger partial charge in [-0.2, -0.15) is 8.78 Å². The minimum Gasteiger partial charge on any atom is -0.434 e. The summed E-state index contributed by atoms with van der Waals surface area (Å²) in [5.74, 6) is -0.318. The Kier molecular flexibility index (Phi) is 6.28. The van der Waals surface area contributed by atoms with Crippen LogP contribution in [-0.2, 0) is 16.1 Å². The van der Waals surface area contributed by atoms with E-state index in [4.69, 9.17) is 14.2 Å². The number of nitrogens with zero attached hydrogens (tertiary/aromatic N) is 2. The summed E-state index contributed by atoms with van der Waals surface area (Å²) in [6, 6.07) is 4.74. The summed E-state index contributed by atoms with van der Waals surface area (Å²) in [6.07, 6.45) is 3.28. The van der Waals surface area contributed by atoms with Crippen molar-refractivity contribution in [2.45, 2.75) is 58.4 Å². The van der Waals surface area contributed by atoms with Crippen LogP contribution in [0.3, 0.4) is 0 Å². The van der Waals surface area contributed by atoms with Gasteiger partial charge in [0.1, 0.15) is 5.75 Å². The van der Waals surface area contributed by atoms with Gasteiger partial charge in [0.15, 0.2) is 11.2 Å². The number of methoxy groups -OCH3 is 1. The van der Waals surface area contributed by atoms with Gasteiger partial charge in [-0.05, 0) is 51.3 Å². The Bertz CT molecular complexity index is 1130. The van der Waals surface area contributed by atoms with Crippen molar-refractivity contribution in [2.24, 2.45) is 0 Å². The molecule has 1 fully saturated rings. The molecule has 0 N–H and O–H groups in total. The molecule has 0 bridgehead atoms. The first-order valence-electron chi connectivity index (χ1n) is 10.9. The molecule has 0 radical (unpaired) electrons. The van der Waals surface area contributed by atoms with Crippen molar-refractivity contribution in [3.05, 3.63) is 51.3 Å². The minimum absolute atomic E-state index is 0.00141. The van der Waals surface area contributed by atoms with Crippen molar-refractivity contribution in [2.75, 3.05) is 25.3 Å². The molecular weight excluding hydrogens is 434 g/mol. The molecule has 2 aliphatic rings. The van der Waals surface area contributed by atoms with E-state index in [1.807, 2.05) is 10.7 Å². The first-order valence-corrected chi connectivity index (χ1v) is 10.9. The van der Waals surface area contributed by atoms with Gasteiger partial charge in [-0.25, -0.2) is 0 Å². The quantitative estimate of drug-likeness (QED) is 0.436. The molecule has 2 aromatic rings. The summed E-state index contributed by atoms with van der Waals surface area (Å²) in [4.78, 5) is 24.8. The fourth-order valence-electron chi connectivity index (χ4n) is 4.83. The van der Waals surface area contributed by atoms with Crippen molar-refractivity contribution in [1.82, 2.24) is 4.68 Å². The highest BCUT2D eigenvalue weighted by Gasteiger charge is 2.45. The molecule has 3 heterocycles. The number of alkyl halides is 2. The fourth-order valence-corrected chi connectivity index (χ4v) is 4.83. The summed E-state index contributed by atoms with van der Waals surface area (Å²) in [7, 11) is 1.56. The Morgan fingerprint density at radius 2 is 2.00 bits per heavy atom. The molecule has 0 unspecified atom stereocenters. The van der Waals surface area contributed by atoms with E-state index >= 15 is 0 Å². The second-order valence-electron chi connectivity index (χ2n) is 9.02. The summed E-state index contributed by atoms with van der Waals surface area (Å²) in [5.41, 5.74) is 2.05. The molecule has 1 aromatic carbocycles. The summed E-state index contributed by atoms with van der Waals surface area (Å²) in [6.45, 7) is 3.36. The van der Waals surface area contributed by atoms with E-state index in [1.165, 1.54) is 13.0 Å². The first-order chi connectivity index (χ1) is 15.6. The predicted molar refractivity (Wildman–Crippen MR) is 119 cm³/mol. The number of rotatable bonds is 8. The van der Waals surface area contributed by atoms with Crippen LogP contribution in [0.4, 0.5) is 8.78 Å². The number of ketones is 1. The monoisotopic (exact) mass is 462 g/mol. The summed E-state index contributed by atoms with van der Waals surface area (Å²) >= 11 is 0. The average molecular weight is 462 g/mol. The fraction of sp³-hybridized carbons (Fsp3) is 0.500. The zero-order chi connectivity index (χ0) is 23.9. The van der Waals surface area contributed by atoms with Gasteiger partial charge in [0.2, 0.25) is 0 Å². The van der Waals surface area contributed by atoms with Gasteiger partial charge in [0.25, 0.3) is 0 Å². The molecule has 1 saturated heterocycles. The van der Waals surface area contributed by atoms with E-state index < -0.39 is 12.0 Å². The lowest BCUT2D eigenvalue weighted by Crippen LogP contribution is -2.50. The molecule has 33 heavy (non-hydrogen) atoms. The van der Waals surface area contributed by atoms with Crippen molar-refractivity contribution in [3.8, 4) is 17.0 Å². The van der Waals surface area contributed by atoms with Crippen LogP contribution in [0.2, 0.25) is 0 Å². The Balaban J connectivity index is 1.90. The smallest absolute Gasteiger partial charge is 0.387 e. The van der Waals surface area contributed by atoms with Crippen LogP contribution in [0.5, 0.6) is 5.75 Å². The number of carbonyl (C=O) groups is 1. The number of aromatic nitrogens is 1. The van der Waals surface area contributed by atoms with Gasteiger partial charge < -0.3 is 14.2 Å². The first kappa shape index (κ1) is 23.4. The maximum absolute atomic E-state index is 13.2. The van der Waals surface area contributed by atoms with E-state index in [-0.39, 0.29) is 35.3 Å². The second-order valence-corrected chi connectivity index (χ2v) is 9.02. The van der Waals surface area contributed by atoms with Crippen LogP contribution < -0.4 is 15.2 Å². The molecule has 0 amide bonds. The van der Waals surface area contributed by atoms with Gasteiger partial charge >= 0.3 is 6.61 Å². The van der Waals surface area contributed by atoms with Gasteiger partial charge in [-0.3, -0.25) is 19.3 Å². The van der Waals surface area contributed by atoms with Gasteiger partial charge in [-0.1, -0.05) is 0 Å². The third kappa shape index (κ3) is 4.27. The van der Waals surface area contributed by atoms with Crippen molar-refractivity contribution < 1.29 is 27.8 Å². The van der Waals surface area contributed by atoms with E-state index in [0.717, 1.165) is 18.4 Å². The Morgan fingerprint density at radius 3 is 2.67 bits per heavy atom. The number of hydrogen-bond donors (Lipinski definition) is 0. The number of hydrogen-bond acceptors (Lipinski definition) is 6. The van der Waals surface area contributed by atoms with Gasteiger partial charge in [0.05, 0.1) is 42.7 Å². The lowest BCUT2D eigenvalue weighted by Gasteiger charge is -2.44. The SMILES string of the molecule is COCCOCc1cc2c(cc1OC(F)F)-c1cc(=O)c(C(C)=O)cn1N1[C@@H]2CCC1(C)C. The molecular formula is C24H28F2N2O5. The molecule has 0 spiro atoms. The van der Waals surface area contributed by atoms with Crippen LogP contribution in [0.15, 0.2) is 29.2 Å². The molecule has 1 atom stereocenters. The van der Waals surface area contributed by atoms with Crippen LogP contribution in [-0.4, -0.2) is 42.9 Å². The largest absolute Gasteiger partial charge is 0.434 e. The highest BCUT2D eigenvalue weighted by Crippen LogP contribution is 2.49.